The number of carbonyl (C=O) groups is 3. The van der Waals surface area contributed by atoms with E-state index in [1.807, 2.05) is 60.8 Å². The number of para-hydroxylation sites is 1. The number of amides is 2. The molecule has 5 rings (SSSR count). The van der Waals surface area contributed by atoms with Gasteiger partial charge in [-0.2, -0.15) is 0 Å². The standard InChI is InChI=1S/C31H40N4O6/c1-19(2)26(41-30(39)35-16-10-15-31(35)13-8-5-9-14-31)27(36)32-23(28-33-25(29(37)38)20(3)40-28)17-21-18-34(4)24-12-7-6-11-22(21)24/h6-7,11-12,18-19,23,26H,5,8-10,13-17H2,1-4H3,(H,32,36)(H,37,38). The van der Waals surface area contributed by atoms with Crippen molar-refractivity contribution < 1.29 is 28.6 Å². The topological polar surface area (TPSA) is 127 Å². The van der Waals surface area contributed by atoms with Crippen LogP contribution in [0.3, 0.4) is 0 Å². The van der Waals surface area contributed by atoms with Crippen molar-refractivity contribution >= 4 is 28.9 Å². The number of carbonyl (C=O) groups excluding carboxylic acids is 2. The van der Waals surface area contributed by atoms with Gasteiger partial charge in [0.1, 0.15) is 11.8 Å². The first-order chi connectivity index (χ1) is 19.6. The first kappa shape index (κ1) is 28.7. The van der Waals surface area contributed by atoms with Crippen molar-refractivity contribution in [1.82, 2.24) is 19.8 Å². The molecular weight excluding hydrogens is 524 g/mol. The molecule has 1 saturated carbocycles. The molecule has 0 radical (unpaired) electrons. The number of nitrogens with zero attached hydrogens (tertiary/aromatic N) is 3. The van der Waals surface area contributed by atoms with Gasteiger partial charge in [-0.05, 0) is 50.2 Å². The fraction of sp³-hybridized carbons (Fsp3) is 0.548. The van der Waals surface area contributed by atoms with Gasteiger partial charge in [-0.15, -0.1) is 0 Å². The third-order valence-electron chi connectivity index (χ3n) is 8.73. The monoisotopic (exact) mass is 564 g/mol. The van der Waals surface area contributed by atoms with Crippen LogP contribution >= 0.6 is 0 Å². The number of aromatic nitrogens is 2. The molecule has 1 spiro atoms. The molecule has 1 aliphatic carbocycles. The lowest BCUT2D eigenvalue weighted by atomic mass is 9.80. The summed E-state index contributed by atoms with van der Waals surface area (Å²) in [5.74, 6) is -1.71. The van der Waals surface area contributed by atoms with Crippen LogP contribution in [0.25, 0.3) is 10.9 Å². The average molecular weight is 565 g/mol. The molecule has 2 unspecified atom stereocenters. The number of carboxylic acids is 1. The number of carboxylic acid groups (broad SMARTS) is 1. The smallest absolute Gasteiger partial charge is 0.411 e. The second-order valence-corrected chi connectivity index (χ2v) is 11.9. The number of benzene rings is 1. The quantitative estimate of drug-likeness (QED) is 0.368. The molecule has 2 N–H and O–H groups in total. The number of oxazole rings is 1. The van der Waals surface area contributed by atoms with E-state index < -0.39 is 30.1 Å². The Kier molecular flexibility index (Phi) is 8.11. The number of rotatable bonds is 8. The summed E-state index contributed by atoms with van der Waals surface area (Å²) in [4.78, 5) is 45.1. The van der Waals surface area contributed by atoms with Gasteiger partial charge in [0.15, 0.2) is 11.8 Å². The van der Waals surface area contributed by atoms with Crippen molar-refractivity contribution in [3.8, 4) is 0 Å². The van der Waals surface area contributed by atoms with E-state index in [4.69, 9.17) is 9.15 Å². The summed E-state index contributed by atoms with van der Waals surface area (Å²) < 4.78 is 13.7. The molecule has 2 atom stereocenters. The third-order valence-corrected chi connectivity index (χ3v) is 8.73. The zero-order chi connectivity index (χ0) is 29.3. The van der Waals surface area contributed by atoms with E-state index in [-0.39, 0.29) is 28.8 Å². The fourth-order valence-electron chi connectivity index (χ4n) is 6.64. The lowest BCUT2D eigenvalue weighted by Crippen LogP contribution is -2.51. The van der Waals surface area contributed by atoms with E-state index in [1.165, 1.54) is 13.3 Å². The summed E-state index contributed by atoms with van der Waals surface area (Å²) >= 11 is 0. The van der Waals surface area contributed by atoms with E-state index in [1.54, 1.807) is 0 Å². The second-order valence-electron chi connectivity index (χ2n) is 11.9. The number of hydrogen-bond acceptors (Lipinski definition) is 6. The number of aromatic carboxylic acids is 1. The molecule has 1 aromatic carbocycles. The van der Waals surface area contributed by atoms with Gasteiger partial charge < -0.3 is 29.0 Å². The van der Waals surface area contributed by atoms with Gasteiger partial charge in [0.05, 0.1) is 0 Å². The number of fused-ring (bicyclic) bond motifs is 1. The van der Waals surface area contributed by atoms with E-state index >= 15 is 0 Å². The Bertz CT molecular complexity index is 1430. The van der Waals surface area contributed by atoms with Crippen molar-refractivity contribution in [3.05, 3.63) is 53.4 Å². The molecule has 2 amide bonds. The van der Waals surface area contributed by atoms with Gasteiger partial charge in [0, 0.05) is 42.7 Å². The van der Waals surface area contributed by atoms with E-state index in [0.29, 0.717) is 13.0 Å². The van der Waals surface area contributed by atoms with Crippen molar-refractivity contribution in [3.63, 3.8) is 0 Å². The predicted molar refractivity (Wildman–Crippen MR) is 153 cm³/mol. The Hall–Kier alpha value is -3.82. The Morgan fingerprint density at radius 3 is 2.51 bits per heavy atom. The second kappa shape index (κ2) is 11.6. The first-order valence-electron chi connectivity index (χ1n) is 14.6. The van der Waals surface area contributed by atoms with Gasteiger partial charge in [0.25, 0.3) is 5.91 Å². The third kappa shape index (κ3) is 5.69. The molecule has 3 heterocycles. The van der Waals surface area contributed by atoms with Crippen LogP contribution in [0.5, 0.6) is 0 Å². The molecule has 41 heavy (non-hydrogen) atoms. The van der Waals surface area contributed by atoms with Gasteiger partial charge in [-0.3, -0.25) is 4.79 Å². The Balaban J connectivity index is 1.40. The minimum atomic E-state index is -1.20. The van der Waals surface area contributed by atoms with E-state index in [0.717, 1.165) is 55.0 Å². The van der Waals surface area contributed by atoms with Crippen LogP contribution in [0, 0.1) is 12.8 Å². The highest BCUT2D eigenvalue weighted by atomic mass is 16.6. The number of nitrogens with one attached hydrogen (secondary N) is 1. The highest BCUT2D eigenvalue weighted by Crippen LogP contribution is 2.42. The van der Waals surface area contributed by atoms with Crippen LogP contribution < -0.4 is 5.32 Å². The summed E-state index contributed by atoms with van der Waals surface area (Å²) in [7, 11) is 1.95. The molecule has 2 fully saturated rings. The minimum absolute atomic E-state index is 0.0933. The molecule has 220 valence electrons. The van der Waals surface area contributed by atoms with Crippen molar-refractivity contribution in [2.24, 2.45) is 13.0 Å². The summed E-state index contributed by atoms with van der Waals surface area (Å²) in [6.45, 7) is 5.86. The van der Waals surface area contributed by atoms with Gasteiger partial charge in [-0.25, -0.2) is 14.6 Å². The maximum atomic E-state index is 13.8. The first-order valence-corrected chi connectivity index (χ1v) is 14.6. The molecule has 10 nitrogen and oxygen atoms in total. The van der Waals surface area contributed by atoms with Crippen molar-refractivity contribution in [2.75, 3.05) is 6.54 Å². The van der Waals surface area contributed by atoms with Gasteiger partial charge >= 0.3 is 12.1 Å². The van der Waals surface area contributed by atoms with Crippen LogP contribution in [0.15, 0.2) is 34.9 Å². The average Bonchev–Trinajstić information content (AvgIpc) is 3.62. The predicted octanol–water partition coefficient (Wildman–Crippen LogP) is 5.53. The van der Waals surface area contributed by atoms with Gasteiger partial charge in [0.2, 0.25) is 5.89 Å². The zero-order valence-corrected chi connectivity index (χ0v) is 24.3. The fourth-order valence-corrected chi connectivity index (χ4v) is 6.64. The molecule has 0 bridgehead atoms. The van der Waals surface area contributed by atoms with E-state index in [9.17, 15) is 19.5 Å². The highest BCUT2D eigenvalue weighted by Gasteiger charge is 2.46. The molecule has 10 heteroatoms. The minimum Gasteiger partial charge on any atom is -0.476 e. The number of hydrogen-bond donors (Lipinski definition) is 2. The SMILES string of the molecule is Cc1oc(C(Cc2cn(C)c3ccccc23)NC(=O)C(OC(=O)N2CCCC23CCCCC3)C(C)C)nc1C(=O)O. The molecule has 1 saturated heterocycles. The normalized spacial score (nSPS) is 18.1. The highest BCUT2D eigenvalue weighted by molar-refractivity contribution is 5.87. The van der Waals surface area contributed by atoms with Crippen molar-refractivity contribution in [2.45, 2.75) is 89.8 Å². The molecule has 2 aliphatic rings. The van der Waals surface area contributed by atoms with Crippen LogP contribution in [0.4, 0.5) is 4.79 Å². The van der Waals surface area contributed by atoms with Crippen LogP contribution in [-0.2, 0) is 23.0 Å². The zero-order valence-electron chi connectivity index (χ0n) is 24.3. The Morgan fingerprint density at radius 2 is 1.83 bits per heavy atom. The summed E-state index contributed by atoms with van der Waals surface area (Å²) in [6, 6.07) is 7.14. The number of likely N-dealkylation sites (tertiary alicyclic amines) is 1. The molecular formula is C31H40N4O6. The number of ether oxygens (including phenoxy) is 1. The molecule has 1 aliphatic heterocycles. The maximum absolute atomic E-state index is 13.8. The summed E-state index contributed by atoms with van der Waals surface area (Å²) in [6.07, 6.45) is 8.06. The van der Waals surface area contributed by atoms with Crippen molar-refractivity contribution in [1.29, 1.82) is 0 Å². The Morgan fingerprint density at radius 1 is 1.12 bits per heavy atom. The Labute approximate surface area is 240 Å². The number of aryl methyl sites for hydroxylation is 2. The van der Waals surface area contributed by atoms with Crippen LogP contribution in [0.1, 0.15) is 92.5 Å². The molecule has 3 aromatic rings. The van der Waals surface area contributed by atoms with Crippen LogP contribution in [0.2, 0.25) is 0 Å². The largest absolute Gasteiger partial charge is 0.476 e. The molecule has 2 aromatic heterocycles. The lowest BCUT2D eigenvalue weighted by molar-refractivity contribution is -0.133. The maximum Gasteiger partial charge on any atom is 0.411 e. The lowest BCUT2D eigenvalue weighted by Gasteiger charge is -2.41. The van der Waals surface area contributed by atoms with E-state index in [2.05, 4.69) is 10.3 Å². The van der Waals surface area contributed by atoms with Crippen LogP contribution in [-0.4, -0.2) is 55.7 Å². The summed E-state index contributed by atoms with van der Waals surface area (Å²) in [5.41, 5.74) is 1.61. The summed E-state index contributed by atoms with van der Waals surface area (Å²) in [5, 5.41) is 13.6. The van der Waals surface area contributed by atoms with Gasteiger partial charge in [-0.1, -0.05) is 51.3 Å².